The first-order valence-electron chi connectivity index (χ1n) is 8.00. The maximum atomic E-state index is 5.43. The van der Waals surface area contributed by atoms with Crippen LogP contribution in [-0.2, 0) is 13.0 Å². The van der Waals surface area contributed by atoms with Crippen LogP contribution in [0, 0.1) is 6.92 Å². The zero-order chi connectivity index (χ0) is 15.4. The highest BCUT2D eigenvalue weighted by Gasteiger charge is 2.20. The number of benzene rings is 1. The highest BCUT2D eigenvalue weighted by atomic mass is 16.5. The van der Waals surface area contributed by atoms with Crippen LogP contribution in [-0.4, -0.2) is 41.2 Å². The normalized spacial score (nSPS) is 19.5. The molecule has 1 aromatic carbocycles. The second-order valence-corrected chi connectivity index (χ2v) is 6.07. The van der Waals surface area contributed by atoms with E-state index >= 15 is 0 Å². The molecule has 1 unspecified atom stereocenters. The maximum Gasteiger partial charge on any atom is 0.240 e. The summed E-state index contributed by atoms with van der Waals surface area (Å²) in [5.74, 6) is 1.49. The molecule has 0 aliphatic carbocycles. The van der Waals surface area contributed by atoms with Crippen molar-refractivity contribution < 1.29 is 4.52 Å². The van der Waals surface area contributed by atoms with Crippen LogP contribution in [0.25, 0.3) is 0 Å². The first-order chi connectivity index (χ1) is 10.7. The van der Waals surface area contributed by atoms with E-state index < -0.39 is 0 Å². The summed E-state index contributed by atoms with van der Waals surface area (Å²) in [6.45, 7) is 5.01. The topological polar surface area (TPSA) is 54.2 Å². The molecule has 0 spiro atoms. The van der Waals surface area contributed by atoms with Crippen molar-refractivity contribution in [3.05, 3.63) is 47.1 Å². The van der Waals surface area contributed by atoms with Gasteiger partial charge in [0.1, 0.15) is 0 Å². The summed E-state index contributed by atoms with van der Waals surface area (Å²) in [5.41, 5.74) is 2.52. The fourth-order valence-corrected chi connectivity index (χ4v) is 3.03. The van der Waals surface area contributed by atoms with Crippen LogP contribution in [0.4, 0.5) is 0 Å². The van der Waals surface area contributed by atoms with E-state index in [0.717, 1.165) is 37.8 Å². The van der Waals surface area contributed by atoms with E-state index in [-0.39, 0.29) is 0 Å². The lowest BCUT2D eigenvalue weighted by molar-refractivity contribution is 0.167. The van der Waals surface area contributed by atoms with Crippen LogP contribution in [0.5, 0.6) is 0 Å². The first kappa shape index (κ1) is 15.2. The van der Waals surface area contributed by atoms with E-state index in [0.29, 0.717) is 6.04 Å². The molecule has 1 aromatic heterocycles. The Hall–Kier alpha value is -1.72. The summed E-state index contributed by atoms with van der Waals surface area (Å²) in [5, 5.41) is 7.48. The molecular weight excluding hydrogens is 276 g/mol. The number of likely N-dealkylation sites (N-methyl/N-ethyl adjacent to an activating group) is 1. The summed E-state index contributed by atoms with van der Waals surface area (Å²) < 4.78 is 5.43. The van der Waals surface area contributed by atoms with Gasteiger partial charge in [0.25, 0.3) is 0 Å². The summed E-state index contributed by atoms with van der Waals surface area (Å²) in [7, 11) is 2.03. The number of hydrogen-bond donors (Lipinski definition) is 1. The summed E-state index contributed by atoms with van der Waals surface area (Å²) in [4.78, 5) is 6.94. The van der Waals surface area contributed by atoms with E-state index in [1.54, 1.807) is 0 Å². The average Bonchev–Trinajstić information content (AvgIpc) is 2.97. The summed E-state index contributed by atoms with van der Waals surface area (Å²) in [6.07, 6.45) is 3.19. The molecule has 1 saturated heterocycles. The van der Waals surface area contributed by atoms with Gasteiger partial charge in [0, 0.05) is 19.0 Å². The van der Waals surface area contributed by atoms with Crippen molar-refractivity contribution in [2.24, 2.45) is 0 Å². The lowest BCUT2D eigenvalue weighted by Gasteiger charge is -2.31. The molecule has 5 heteroatoms. The Bertz CT molecular complexity index is 610. The molecule has 22 heavy (non-hydrogen) atoms. The quantitative estimate of drug-likeness (QED) is 0.917. The van der Waals surface area contributed by atoms with E-state index in [2.05, 4.69) is 51.5 Å². The Morgan fingerprint density at radius 1 is 1.36 bits per heavy atom. The van der Waals surface area contributed by atoms with E-state index in [9.17, 15) is 0 Å². The molecule has 5 nitrogen and oxygen atoms in total. The molecule has 1 fully saturated rings. The van der Waals surface area contributed by atoms with Crippen molar-refractivity contribution in [2.75, 3.05) is 20.1 Å². The van der Waals surface area contributed by atoms with Gasteiger partial charge in [-0.3, -0.25) is 4.90 Å². The molecule has 1 aliphatic heterocycles. The molecule has 2 heterocycles. The lowest BCUT2D eigenvalue weighted by atomic mass is 10.1. The molecule has 0 saturated carbocycles. The second kappa shape index (κ2) is 7.03. The van der Waals surface area contributed by atoms with Gasteiger partial charge in [-0.15, -0.1) is 0 Å². The van der Waals surface area contributed by atoms with Crippen LogP contribution in [0.3, 0.4) is 0 Å². The smallest absolute Gasteiger partial charge is 0.240 e. The number of likely N-dealkylation sites (tertiary alicyclic amines) is 1. The van der Waals surface area contributed by atoms with Gasteiger partial charge < -0.3 is 9.84 Å². The van der Waals surface area contributed by atoms with Crippen LogP contribution < -0.4 is 5.32 Å². The van der Waals surface area contributed by atoms with Gasteiger partial charge >= 0.3 is 0 Å². The van der Waals surface area contributed by atoms with Crippen LogP contribution >= 0.6 is 0 Å². The Kier molecular flexibility index (Phi) is 4.85. The van der Waals surface area contributed by atoms with Crippen molar-refractivity contribution in [3.63, 3.8) is 0 Å². The fourth-order valence-electron chi connectivity index (χ4n) is 3.03. The monoisotopic (exact) mass is 300 g/mol. The van der Waals surface area contributed by atoms with Gasteiger partial charge in [-0.2, -0.15) is 4.98 Å². The van der Waals surface area contributed by atoms with Gasteiger partial charge in [0.05, 0.1) is 6.54 Å². The van der Waals surface area contributed by atoms with Crippen molar-refractivity contribution in [2.45, 2.75) is 38.8 Å². The van der Waals surface area contributed by atoms with Crippen LogP contribution in [0.2, 0.25) is 0 Å². The van der Waals surface area contributed by atoms with Gasteiger partial charge in [-0.1, -0.05) is 29.4 Å². The average molecular weight is 300 g/mol. The minimum Gasteiger partial charge on any atom is -0.338 e. The Morgan fingerprint density at radius 3 is 3.05 bits per heavy atom. The predicted octanol–water partition coefficient (Wildman–Crippen LogP) is 2.15. The molecule has 1 aliphatic rings. The summed E-state index contributed by atoms with van der Waals surface area (Å²) in [6, 6.07) is 8.91. The number of aromatic nitrogens is 2. The Morgan fingerprint density at radius 2 is 2.23 bits per heavy atom. The fraction of sp³-hybridized carbons (Fsp3) is 0.529. The number of rotatable bonds is 5. The van der Waals surface area contributed by atoms with Crippen molar-refractivity contribution >= 4 is 0 Å². The third kappa shape index (κ3) is 3.72. The third-order valence-electron chi connectivity index (χ3n) is 4.39. The van der Waals surface area contributed by atoms with Gasteiger partial charge in [0.15, 0.2) is 5.82 Å². The van der Waals surface area contributed by atoms with Crippen molar-refractivity contribution in [3.8, 4) is 0 Å². The predicted molar refractivity (Wildman–Crippen MR) is 85.6 cm³/mol. The number of piperidine rings is 1. The molecule has 1 atom stereocenters. The number of nitrogens with one attached hydrogen (secondary N) is 1. The number of hydrogen-bond acceptors (Lipinski definition) is 5. The molecule has 3 rings (SSSR count). The first-order valence-corrected chi connectivity index (χ1v) is 8.00. The zero-order valence-electron chi connectivity index (χ0n) is 13.4. The van der Waals surface area contributed by atoms with E-state index in [1.807, 2.05) is 7.05 Å². The zero-order valence-corrected chi connectivity index (χ0v) is 13.4. The minimum absolute atomic E-state index is 0.572. The van der Waals surface area contributed by atoms with Crippen molar-refractivity contribution in [1.82, 2.24) is 20.4 Å². The molecule has 2 aromatic rings. The van der Waals surface area contributed by atoms with Crippen molar-refractivity contribution in [1.29, 1.82) is 0 Å². The third-order valence-corrected chi connectivity index (χ3v) is 4.39. The van der Waals surface area contributed by atoms with E-state index in [1.165, 1.54) is 24.0 Å². The minimum atomic E-state index is 0.572. The SMILES string of the molecule is CNC1CCCN(Cc2nc(Cc3ccccc3C)no2)C1. The highest BCUT2D eigenvalue weighted by molar-refractivity contribution is 5.27. The number of aryl methyl sites for hydroxylation is 1. The summed E-state index contributed by atoms with van der Waals surface area (Å²) >= 11 is 0. The van der Waals surface area contributed by atoms with Gasteiger partial charge in [-0.05, 0) is 44.5 Å². The van der Waals surface area contributed by atoms with Gasteiger partial charge in [0.2, 0.25) is 5.89 Å². The van der Waals surface area contributed by atoms with Crippen LogP contribution in [0.15, 0.2) is 28.8 Å². The van der Waals surface area contributed by atoms with Crippen LogP contribution in [0.1, 0.15) is 35.7 Å². The maximum absolute atomic E-state index is 5.43. The standard InChI is InChI=1S/C17H24N4O/c1-13-6-3-4-7-14(13)10-16-19-17(22-20-16)12-21-9-5-8-15(11-21)18-2/h3-4,6-7,15,18H,5,8-12H2,1-2H3. The molecule has 1 N–H and O–H groups in total. The molecule has 0 bridgehead atoms. The Balaban J connectivity index is 1.60. The lowest BCUT2D eigenvalue weighted by Crippen LogP contribution is -2.43. The molecule has 118 valence electrons. The second-order valence-electron chi connectivity index (χ2n) is 6.07. The molecular formula is C17H24N4O. The Labute approximate surface area is 131 Å². The highest BCUT2D eigenvalue weighted by Crippen LogP contribution is 2.15. The largest absolute Gasteiger partial charge is 0.338 e. The molecule has 0 radical (unpaired) electrons. The van der Waals surface area contributed by atoms with E-state index in [4.69, 9.17) is 4.52 Å². The number of nitrogens with zero attached hydrogens (tertiary/aromatic N) is 3. The molecule has 0 amide bonds. The van der Waals surface area contributed by atoms with Gasteiger partial charge in [-0.25, -0.2) is 0 Å².